The van der Waals surface area contributed by atoms with Crippen molar-refractivity contribution < 1.29 is 13.2 Å². The van der Waals surface area contributed by atoms with Crippen molar-refractivity contribution in [2.75, 3.05) is 0 Å². The van der Waals surface area contributed by atoms with Gasteiger partial charge >= 0.3 is 0 Å². The fourth-order valence-electron chi connectivity index (χ4n) is 4.17. The molecular formula is C23H27F3. The van der Waals surface area contributed by atoms with E-state index in [1.807, 2.05) is 24.3 Å². The van der Waals surface area contributed by atoms with Gasteiger partial charge in [0.1, 0.15) is 0 Å². The smallest absolute Gasteiger partial charge is 0.194 e. The van der Waals surface area contributed by atoms with E-state index in [9.17, 15) is 13.2 Å². The van der Waals surface area contributed by atoms with Crippen LogP contribution < -0.4 is 0 Å². The van der Waals surface area contributed by atoms with Gasteiger partial charge in [-0.15, -0.1) is 0 Å². The molecule has 0 heterocycles. The van der Waals surface area contributed by atoms with Crippen molar-refractivity contribution in [3.8, 4) is 11.1 Å². The van der Waals surface area contributed by atoms with Gasteiger partial charge in [-0.25, -0.2) is 13.2 Å². The third kappa shape index (κ3) is 4.69. The molecule has 1 fully saturated rings. The highest BCUT2D eigenvalue weighted by atomic mass is 19.2. The minimum absolute atomic E-state index is 0.363. The third-order valence-corrected chi connectivity index (χ3v) is 5.78. The summed E-state index contributed by atoms with van der Waals surface area (Å²) in [5.74, 6) is -1.96. The van der Waals surface area contributed by atoms with Crippen molar-refractivity contribution in [3.05, 3.63) is 59.4 Å². The topological polar surface area (TPSA) is 0 Å². The highest BCUT2D eigenvalue weighted by Crippen LogP contribution is 2.34. The lowest BCUT2D eigenvalue weighted by atomic mass is 9.78. The van der Waals surface area contributed by atoms with Gasteiger partial charge in [-0.05, 0) is 53.5 Å². The van der Waals surface area contributed by atoms with Crippen LogP contribution in [0.3, 0.4) is 0 Å². The van der Waals surface area contributed by atoms with Crippen LogP contribution in [0.25, 0.3) is 11.1 Å². The fourth-order valence-corrected chi connectivity index (χ4v) is 4.17. The largest absolute Gasteiger partial charge is 0.204 e. The number of aryl methyl sites for hydroxylation is 1. The Balaban J connectivity index is 1.55. The summed E-state index contributed by atoms with van der Waals surface area (Å²) in [6.07, 6.45) is 10.3. The van der Waals surface area contributed by atoms with Gasteiger partial charge in [0.2, 0.25) is 0 Å². The van der Waals surface area contributed by atoms with Crippen molar-refractivity contribution in [3.63, 3.8) is 0 Å². The summed E-state index contributed by atoms with van der Waals surface area (Å²) in [5, 5.41) is 0. The van der Waals surface area contributed by atoms with Crippen LogP contribution in [0.1, 0.15) is 57.4 Å². The number of halogens is 3. The van der Waals surface area contributed by atoms with Crippen molar-refractivity contribution >= 4 is 0 Å². The van der Waals surface area contributed by atoms with Gasteiger partial charge in [0.25, 0.3) is 0 Å². The summed E-state index contributed by atoms with van der Waals surface area (Å²) in [5.41, 5.74) is 2.31. The van der Waals surface area contributed by atoms with Gasteiger partial charge in [0.15, 0.2) is 17.5 Å². The highest BCUT2D eigenvalue weighted by molar-refractivity contribution is 5.63. The molecule has 0 N–H and O–H groups in total. The van der Waals surface area contributed by atoms with Crippen LogP contribution in [0, 0.1) is 29.3 Å². The second kappa shape index (κ2) is 8.75. The number of rotatable bonds is 6. The Kier molecular flexibility index (Phi) is 6.39. The molecule has 26 heavy (non-hydrogen) atoms. The van der Waals surface area contributed by atoms with Crippen LogP contribution >= 0.6 is 0 Å². The molecule has 0 nitrogen and oxygen atoms in total. The van der Waals surface area contributed by atoms with E-state index in [0.717, 1.165) is 30.4 Å². The lowest BCUT2D eigenvalue weighted by Gasteiger charge is -2.28. The van der Waals surface area contributed by atoms with Crippen LogP contribution in [-0.2, 0) is 6.42 Å². The van der Waals surface area contributed by atoms with Crippen LogP contribution in [-0.4, -0.2) is 0 Å². The number of hydrogen-bond acceptors (Lipinski definition) is 0. The molecule has 3 rings (SSSR count). The van der Waals surface area contributed by atoms with Crippen molar-refractivity contribution in [2.24, 2.45) is 11.8 Å². The Morgan fingerprint density at radius 3 is 1.85 bits per heavy atom. The summed E-state index contributed by atoms with van der Waals surface area (Å²) in [6.45, 7) is 2.27. The Morgan fingerprint density at radius 2 is 1.31 bits per heavy atom. The lowest BCUT2D eigenvalue weighted by molar-refractivity contribution is 0.252. The number of benzene rings is 2. The molecular weight excluding hydrogens is 333 g/mol. The molecule has 2 aromatic rings. The Morgan fingerprint density at radius 1 is 0.769 bits per heavy atom. The van der Waals surface area contributed by atoms with Crippen LogP contribution in [0.5, 0.6) is 0 Å². The molecule has 0 unspecified atom stereocenters. The zero-order chi connectivity index (χ0) is 18.5. The second-order valence-electron chi connectivity index (χ2n) is 7.66. The molecule has 0 aromatic heterocycles. The Labute approximate surface area is 154 Å². The first-order valence-electron chi connectivity index (χ1n) is 9.80. The zero-order valence-electron chi connectivity index (χ0n) is 15.4. The molecule has 0 radical (unpaired) electrons. The molecule has 0 atom stereocenters. The monoisotopic (exact) mass is 360 g/mol. The Hall–Kier alpha value is -1.77. The number of hydrogen-bond donors (Lipinski definition) is 0. The minimum Gasteiger partial charge on any atom is -0.204 e. The van der Waals surface area contributed by atoms with Gasteiger partial charge in [-0.3, -0.25) is 0 Å². The van der Waals surface area contributed by atoms with Crippen molar-refractivity contribution in [2.45, 2.75) is 58.3 Å². The van der Waals surface area contributed by atoms with Crippen molar-refractivity contribution in [1.29, 1.82) is 0 Å². The standard InChI is InChI=1S/C23H27F3/c1-2-3-16-4-6-17(7-5-16)8-9-18-10-12-19(13-11-18)20-14-21(24)23(26)22(25)15-20/h10-17H,2-9H2,1H3/t16-,17-. The third-order valence-electron chi connectivity index (χ3n) is 5.78. The second-order valence-corrected chi connectivity index (χ2v) is 7.66. The maximum absolute atomic E-state index is 13.4. The molecule has 0 bridgehead atoms. The normalized spacial score (nSPS) is 20.3. The van der Waals surface area contributed by atoms with E-state index in [2.05, 4.69) is 6.92 Å². The maximum Gasteiger partial charge on any atom is 0.194 e. The van der Waals surface area contributed by atoms with E-state index in [0.29, 0.717) is 11.1 Å². The van der Waals surface area contributed by atoms with E-state index in [1.54, 1.807) is 0 Å². The van der Waals surface area contributed by atoms with E-state index in [-0.39, 0.29) is 0 Å². The predicted octanol–water partition coefficient (Wildman–Crippen LogP) is 7.31. The minimum atomic E-state index is -1.42. The highest BCUT2D eigenvalue weighted by Gasteiger charge is 2.20. The zero-order valence-corrected chi connectivity index (χ0v) is 15.4. The first kappa shape index (κ1) is 19.0. The predicted molar refractivity (Wildman–Crippen MR) is 100 cm³/mol. The molecule has 1 saturated carbocycles. The average Bonchev–Trinajstić information content (AvgIpc) is 2.66. The van der Waals surface area contributed by atoms with E-state index in [1.165, 1.54) is 50.5 Å². The van der Waals surface area contributed by atoms with Crippen LogP contribution in [0.2, 0.25) is 0 Å². The van der Waals surface area contributed by atoms with Crippen LogP contribution in [0.4, 0.5) is 13.2 Å². The van der Waals surface area contributed by atoms with Gasteiger partial charge < -0.3 is 0 Å². The first-order valence-corrected chi connectivity index (χ1v) is 9.80. The molecule has 0 amide bonds. The van der Waals surface area contributed by atoms with E-state index >= 15 is 0 Å². The van der Waals surface area contributed by atoms with Gasteiger partial charge in [-0.2, -0.15) is 0 Å². The molecule has 0 spiro atoms. The molecule has 3 heteroatoms. The molecule has 0 aliphatic heterocycles. The van der Waals surface area contributed by atoms with Gasteiger partial charge in [-0.1, -0.05) is 69.7 Å². The van der Waals surface area contributed by atoms with Crippen molar-refractivity contribution in [1.82, 2.24) is 0 Å². The van der Waals surface area contributed by atoms with Gasteiger partial charge in [0.05, 0.1) is 0 Å². The summed E-state index contributed by atoms with van der Waals surface area (Å²) >= 11 is 0. The van der Waals surface area contributed by atoms with Crippen LogP contribution in [0.15, 0.2) is 36.4 Å². The summed E-state index contributed by atoms with van der Waals surface area (Å²) in [4.78, 5) is 0. The molecule has 2 aromatic carbocycles. The molecule has 140 valence electrons. The first-order chi connectivity index (χ1) is 12.6. The SMILES string of the molecule is CCC[C@H]1CC[C@H](CCc2ccc(-c3cc(F)c(F)c(F)c3)cc2)CC1. The van der Waals surface area contributed by atoms with E-state index < -0.39 is 17.5 Å². The summed E-state index contributed by atoms with van der Waals surface area (Å²) < 4.78 is 39.9. The summed E-state index contributed by atoms with van der Waals surface area (Å²) in [6, 6.07) is 9.83. The summed E-state index contributed by atoms with van der Waals surface area (Å²) in [7, 11) is 0. The molecule has 1 aliphatic carbocycles. The quantitative estimate of drug-likeness (QED) is 0.474. The maximum atomic E-state index is 13.4. The average molecular weight is 360 g/mol. The van der Waals surface area contributed by atoms with E-state index in [4.69, 9.17) is 0 Å². The molecule has 0 saturated heterocycles. The fraction of sp³-hybridized carbons (Fsp3) is 0.478. The Bertz CT molecular complexity index is 690. The van der Waals surface area contributed by atoms with Gasteiger partial charge in [0, 0.05) is 0 Å². The molecule has 1 aliphatic rings. The lowest BCUT2D eigenvalue weighted by Crippen LogP contribution is -2.15.